The van der Waals surface area contributed by atoms with Gasteiger partial charge in [-0.1, -0.05) is 36.7 Å². The Balaban J connectivity index is 1.80. The van der Waals surface area contributed by atoms with Crippen molar-refractivity contribution in [1.29, 1.82) is 0 Å². The van der Waals surface area contributed by atoms with Crippen LogP contribution in [0.25, 0.3) is 21.3 Å². The zero-order valence-corrected chi connectivity index (χ0v) is 21.3. The van der Waals surface area contributed by atoms with Crippen molar-refractivity contribution >= 4 is 44.7 Å². The maximum Gasteiger partial charge on any atom is 0.263 e. The molecule has 0 aliphatic heterocycles. The topological polar surface area (TPSA) is 73.2 Å². The maximum atomic E-state index is 13.7. The van der Waals surface area contributed by atoms with Gasteiger partial charge in [0.15, 0.2) is 0 Å². The lowest BCUT2D eigenvalue weighted by Crippen LogP contribution is -2.33. The van der Waals surface area contributed by atoms with Crippen LogP contribution in [0.15, 0.2) is 47.5 Å². The SMILES string of the molecule is CCC(C(=O)Nc1cc(Cl)ccc1OC)n1cnc2sc(C)c(-c3ccc(C)c(C)c3)c2c1=O. The Morgan fingerprint density at radius 3 is 2.62 bits per heavy atom. The second-order valence-electron chi connectivity index (χ2n) is 8.23. The number of halogens is 1. The Bertz CT molecular complexity index is 1460. The average molecular weight is 496 g/mol. The van der Waals surface area contributed by atoms with E-state index in [-0.39, 0.29) is 11.5 Å². The van der Waals surface area contributed by atoms with Crippen LogP contribution in [0.5, 0.6) is 5.75 Å². The second-order valence-corrected chi connectivity index (χ2v) is 9.87. The second kappa shape index (κ2) is 9.60. The summed E-state index contributed by atoms with van der Waals surface area (Å²) in [6.07, 6.45) is 1.87. The predicted molar refractivity (Wildman–Crippen MR) is 139 cm³/mol. The fourth-order valence-corrected chi connectivity index (χ4v) is 5.26. The van der Waals surface area contributed by atoms with Crippen LogP contribution in [-0.2, 0) is 4.79 Å². The number of carbonyl (C=O) groups excluding carboxylic acids is 1. The van der Waals surface area contributed by atoms with Crippen LogP contribution >= 0.6 is 22.9 Å². The number of rotatable bonds is 6. The van der Waals surface area contributed by atoms with Gasteiger partial charge in [-0.15, -0.1) is 11.3 Å². The standard InChI is InChI=1S/C26H26ClN3O3S/c1-6-20(24(31)29-19-12-18(27)9-10-21(19)33-5)30-13-28-25-23(26(30)32)22(16(4)34-25)17-8-7-14(2)15(3)11-17/h7-13,20H,6H2,1-5H3,(H,29,31). The first-order valence-corrected chi connectivity index (χ1v) is 12.2. The third-order valence-corrected chi connectivity index (χ3v) is 7.30. The van der Waals surface area contributed by atoms with Gasteiger partial charge in [0.25, 0.3) is 5.56 Å². The number of nitrogens with one attached hydrogen (secondary N) is 1. The molecule has 0 saturated carbocycles. The van der Waals surface area contributed by atoms with E-state index in [0.717, 1.165) is 21.6 Å². The summed E-state index contributed by atoms with van der Waals surface area (Å²) in [4.78, 5) is 33.2. The molecule has 8 heteroatoms. The molecule has 4 rings (SSSR count). The van der Waals surface area contributed by atoms with Crippen LogP contribution < -0.4 is 15.6 Å². The lowest BCUT2D eigenvalue weighted by Gasteiger charge is -2.19. The molecule has 2 aromatic carbocycles. The van der Waals surface area contributed by atoms with Crippen molar-refractivity contribution < 1.29 is 9.53 Å². The smallest absolute Gasteiger partial charge is 0.263 e. The van der Waals surface area contributed by atoms with Crippen LogP contribution in [0.2, 0.25) is 5.02 Å². The van der Waals surface area contributed by atoms with E-state index in [1.54, 1.807) is 18.2 Å². The van der Waals surface area contributed by atoms with E-state index in [9.17, 15) is 9.59 Å². The van der Waals surface area contributed by atoms with Crippen LogP contribution in [0, 0.1) is 20.8 Å². The summed E-state index contributed by atoms with van der Waals surface area (Å²) >= 11 is 7.59. The number of fused-ring (bicyclic) bond motifs is 1. The predicted octanol–water partition coefficient (Wildman–Crippen LogP) is 6.30. The molecule has 0 fully saturated rings. The molecule has 0 aliphatic rings. The maximum absolute atomic E-state index is 13.7. The number of hydrogen-bond donors (Lipinski definition) is 1. The van der Waals surface area contributed by atoms with Crippen LogP contribution in [0.1, 0.15) is 35.4 Å². The number of amides is 1. The number of ether oxygens (including phenoxy) is 1. The Kier molecular flexibility index (Phi) is 6.77. The highest BCUT2D eigenvalue weighted by atomic mass is 35.5. The zero-order chi connectivity index (χ0) is 24.6. The Labute approximate surface area is 207 Å². The Morgan fingerprint density at radius 1 is 1.18 bits per heavy atom. The van der Waals surface area contributed by atoms with Gasteiger partial charge in [-0.3, -0.25) is 14.2 Å². The number of anilines is 1. The van der Waals surface area contributed by atoms with Gasteiger partial charge in [-0.25, -0.2) is 4.98 Å². The third-order valence-electron chi connectivity index (χ3n) is 6.05. The molecular weight excluding hydrogens is 470 g/mol. The van der Waals surface area contributed by atoms with Gasteiger partial charge >= 0.3 is 0 Å². The van der Waals surface area contributed by atoms with Crippen molar-refractivity contribution in [2.45, 2.75) is 40.2 Å². The summed E-state index contributed by atoms with van der Waals surface area (Å²) in [5, 5.41) is 3.87. The van der Waals surface area contributed by atoms with Gasteiger partial charge in [-0.05, 0) is 62.1 Å². The van der Waals surface area contributed by atoms with E-state index in [2.05, 4.69) is 36.3 Å². The van der Waals surface area contributed by atoms with E-state index in [4.69, 9.17) is 16.3 Å². The Hall–Kier alpha value is -3.16. The summed E-state index contributed by atoms with van der Waals surface area (Å²) in [6.45, 7) is 7.97. The summed E-state index contributed by atoms with van der Waals surface area (Å²) in [5.41, 5.74) is 4.41. The fourth-order valence-electron chi connectivity index (χ4n) is 4.08. The molecular formula is C26H26ClN3O3S. The van der Waals surface area contributed by atoms with Gasteiger partial charge in [-0.2, -0.15) is 0 Å². The molecule has 0 saturated heterocycles. The van der Waals surface area contributed by atoms with Gasteiger partial charge in [0.2, 0.25) is 5.91 Å². The first-order chi connectivity index (χ1) is 16.2. The highest BCUT2D eigenvalue weighted by Gasteiger charge is 2.24. The molecule has 0 aliphatic carbocycles. The molecule has 0 radical (unpaired) electrons. The zero-order valence-electron chi connectivity index (χ0n) is 19.7. The van der Waals surface area contributed by atoms with Crippen LogP contribution in [-0.4, -0.2) is 22.6 Å². The number of nitrogens with zero attached hydrogens (tertiary/aromatic N) is 2. The molecule has 2 heterocycles. The minimum atomic E-state index is -0.749. The molecule has 4 aromatic rings. The molecule has 0 bridgehead atoms. The van der Waals surface area contributed by atoms with Crippen molar-refractivity contribution in [2.24, 2.45) is 0 Å². The number of aryl methyl sites for hydroxylation is 3. The number of hydrogen-bond acceptors (Lipinski definition) is 5. The summed E-state index contributed by atoms with van der Waals surface area (Å²) < 4.78 is 6.76. The van der Waals surface area contributed by atoms with Gasteiger partial charge in [0.05, 0.1) is 24.5 Å². The summed E-state index contributed by atoms with van der Waals surface area (Å²) in [7, 11) is 1.52. The van der Waals surface area contributed by atoms with Crippen molar-refractivity contribution in [3.8, 4) is 16.9 Å². The highest BCUT2D eigenvalue weighted by molar-refractivity contribution is 7.19. The highest BCUT2D eigenvalue weighted by Crippen LogP contribution is 2.36. The van der Waals surface area contributed by atoms with E-state index < -0.39 is 6.04 Å². The van der Waals surface area contributed by atoms with Gasteiger partial charge in [0, 0.05) is 15.5 Å². The van der Waals surface area contributed by atoms with Crippen molar-refractivity contribution in [2.75, 3.05) is 12.4 Å². The van der Waals surface area contributed by atoms with E-state index in [1.165, 1.54) is 34.9 Å². The number of benzene rings is 2. The quantitative estimate of drug-likeness (QED) is 0.340. The summed E-state index contributed by atoms with van der Waals surface area (Å²) in [5.74, 6) is 0.144. The number of carbonyl (C=O) groups is 1. The van der Waals surface area contributed by atoms with E-state index >= 15 is 0 Å². The molecule has 6 nitrogen and oxygen atoms in total. The van der Waals surface area contributed by atoms with E-state index in [1.807, 2.05) is 19.9 Å². The van der Waals surface area contributed by atoms with E-state index in [0.29, 0.717) is 33.1 Å². The fraction of sp³-hybridized carbons (Fsp3) is 0.269. The van der Waals surface area contributed by atoms with Gasteiger partial charge < -0.3 is 10.1 Å². The number of thiophene rings is 1. The lowest BCUT2D eigenvalue weighted by atomic mass is 9.99. The molecule has 1 amide bonds. The van der Waals surface area contributed by atoms with Crippen molar-refractivity contribution in [3.05, 3.63) is 74.1 Å². The number of aromatic nitrogens is 2. The molecule has 1 unspecified atom stereocenters. The molecule has 176 valence electrons. The molecule has 1 atom stereocenters. The first-order valence-electron chi connectivity index (χ1n) is 11.0. The Morgan fingerprint density at radius 2 is 1.94 bits per heavy atom. The normalized spacial score (nSPS) is 12.1. The summed E-state index contributed by atoms with van der Waals surface area (Å²) in [6, 6.07) is 10.4. The van der Waals surface area contributed by atoms with Crippen molar-refractivity contribution in [3.63, 3.8) is 0 Å². The molecule has 2 aromatic heterocycles. The number of methoxy groups -OCH3 is 1. The lowest BCUT2D eigenvalue weighted by molar-refractivity contribution is -0.119. The van der Waals surface area contributed by atoms with Crippen LogP contribution in [0.4, 0.5) is 5.69 Å². The first kappa shape index (κ1) is 24.0. The largest absolute Gasteiger partial charge is 0.495 e. The molecule has 34 heavy (non-hydrogen) atoms. The van der Waals surface area contributed by atoms with Crippen LogP contribution in [0.3, 0.4) is 0 Å². The minimum absolute atomic E-state index is 0.234. The minimum Gasteiger partial charge on any atom is -0.495 e. The molecule has 1 N–H and O–H groups in total. The van der Waals surface area contributed by atoms with Crippen molar-refractivity contribution in [1.82, 2.24) is 9.55 Å². The van der Waals surface area contributed by atoms with Gasteiger partial charge in [0.1, 0.15) is 16.6 Å². The third kappa shape index (κ3) is 4.33. The monoisotopic (exact) mass is 495 g/mol. The average Bonchev–Trinajstić information content (AvgIpc) is 3.14. The molecule has 0 spiro atoms.